The summed E-state index contributed by atoms with van der Waals surface area (Å²) in [5.74, 6) is 0.700. The van der Waals surface area contributed by atoms with Crippen LogP contribution < -0.4 is 0 Å². The van der Waals surface area contributed by atoms with Crippen LogP contribution in [-0.4, -0.2) is 9.97 Å². The van der Waals surface area contributed by atoms with E-state index in [-0.39, 0.29) is 0 Å². The molecular formula is C49H32N2O. The standard InChI is InChI=1S/C49H32N2O/c1-3-14-32(15-4-1)37-20-8-7-16-33-19-13-24-42(48(33)37)45-31-44(50-49(51-45)34-17-5-2-6-18-34)40-28-27-36(38-21-9-10-22-39(38)40)35-26-29-47-43(30-35)41-23-11-12-25-46(41)52-47/h1-7,9-31H,8H2. The van der Waals surface area contributed by atoms with Gasteiger partial charge in [-0.1, -0.05) is 158 Å². The van der Waals surface area contributed by atoms with Gasteiger partial charge in [0, 0.05) is 27.5 Å². The lowest BCUT2D eigenvalue weighted by Gasteiger charge is -2.18. The molecule has 2 heterocycles. The smallest absolute Gasteiger partial charge is 0.160 e. The largest absolute Gasteiger partial charge is 0.456 e. The fourth-order valence-corrected chi connectivity index (χ4v) is 7.69. The second-order valence-electron chi connectivity index (χ2n) is 13.2. The van der Waals surface area contributed by atoms with Crippen LogP contribution in [0.25, 0.3) is 89.4 Å². The van der Waals surface area contributed by atoms with Gasteiger partial charge < -0.3 is 4.42 Å². The first-order valence-corrected chi connectivity index (χ1v) is 17.7. The molecule has 0 fully saturated rings. The Morgan fingerprint density at radius 2 is 1.10 bits per heavy atom. The van der Waals surface area contributed by atoms with Gasteiger partial charge in [0.25, 0.3) is 0 Å². The van der Waals surface area contributed by atoms with Crippen LogP contribution >= 0.6 is 0 Å². The van der Waals surface area contributed by atoms with Gasteiger partial charge in [-0.25, -0.2) is 9.97 Å². The fraction of sp³-hybridized carbons (Fsp3) is 0.0204. The van der Waals surface area contributed by atoms with Crippen molar-refractivity contribution in [3.63, 3.8) is 0 Å². The van der Waals surface area contributed by atoms with Crippen LogP contribution in [0.1, 0.15) is 23.1 Å². The van der Waals surface area contributed by atoms with E-state index in [4.69, 9.17) is 14.4 Å². The van der Waals surface area contributed by atoms with Crippen molar-refractivity contribution in [3.05, 3.63) is 193 Å². The third-order valence-corrected chi connectivity index (χ3v) is 10.1. The normalized spacial score (nSPS) is 12.6. The number of hydrogen-bond donors (Lipinski definition) is 0. The van der Waals surface area contributed by atoms with E-state index >= 15 is 0 Å². The summed E-state index contributed by atoms with van der Waals surface area (Å²) in [7, 11) is 0. The molecule has 1 aliphatic carbocycles. The van der Waals surface area contributed by atoms with Crippen LogP contribution in [0.3, 0.4) is 0 Å². The maximum absolute atomic E-state index is 6.15. The van der Waals surface area contributed by atoms with Gasteiger partial charge in [-0.15, -0.1) is 0 Å². The summed E-state index contributed by atoms with van der Waals surface area (Å²) < 4.78 is 6.15. The molecule has 0 bridgehead atoms. The van der Waals surface area contributed by atoms with Gasteiger partial charge in [0.05, 0.1) is 11.4 Å². The Kier molecular flexibility index (Phi) is 7.21. The Morgan fingerprint density at radius 1 is 0.442 bits per heavy atom. The number of benzene rings is 7. The van der Waals surface area contributed by atoms with Crippen LogP contribution in [0.15, 0.2) is 180 Å². The third-order valence-electron chi connectivity index (χ3n) is 10.1. The van der Waals surface area contributed by atoms with Crippen molar-refractivity contribution in [1.82, 2.24) is 9.97 Å². The average Bonchev–Trinajstić information content (AvgIpc) is 3.44. The van der Waals surface area contributed by atoms with Crippen LogP contribution in [0, 0.1) is 0 Å². The fourth-order valence-electron chi connectivity index (χ4n) is 7.69. The van der Waals surface area contributed by atoms with Crippen molar-refractivity contribution in [2.45, 2.75) is 6.42 Å². The second-order valence-corrected chi connectivity index (χ2v) is 13.2. The first kappa shape index (κ1) is 30.0. The molecule has 0 aliphatic heterocycles. The minimum Gasteiger partial charge on any atom is -0.456 e. The summed E-state index contributed by atoms with van der Waals surface area (Å²) in [4.78, 5) is 10.6. The molecule has 1 aliphatic rings. The van der Waals surface area contributed by atoms with Gasteiger partial charge in [-0.05, 0) is 74.8 Å². The molecule has 2 aromatic heterocycles. The SMILES string of the molecule is C1=Cc2cccc(-c3cc(-c4ccc(-c5ccc6oc7ccccc7c6c5)c5ccccc45)nc(-c4ccccc4)n3)c2C(c2ccccc2)=CC1. The molecule has 0 unspecified atom stereocenters. The summed E-state index contributed by atoms with van der Waals surface area (Å²) in [6, 6.07) is 57.5. The first-order chi connectivity index (χ1) is 25.8. The van der Waals surface area contributed by atoms with Crippen molar-refractivity contribution in [1.29, 1.82) is 0 Å². The molecule has 0 saturated carbocycles. The van der Waals surface area contributed by atoms with Crippen LogP contribution in [0.4, 0.5) is 0 Å². The minimum atomic E-state index is 0.700. The average molecular weight is 665 g/mol. The quantitative estimate of drug-likeness (QED) is 0.184. The number of furan rings is 1. The zero-order chi connectivity index (χ0) is 34.4. The number of nitrogens with zero attached hydrogens (tertiary/aromatic N) is 2. The summed E-state index contributed by atoms with van der Waals surface area (Å²) in [5, 5.41) is 4.55. The molecule has 0 amide bonds. The number of fused-ring (bicyclic) bond motifs is 5. The summed E-state index contributed by atoms with van der Waals surface area (Å²) in [6.07, 6.45) is 7.67. The van der Waals surface area contributed by atoms with Crippen molar-refractivity contribution < 1.29 is 4.42 Å². The molecule has 3 nitrogen and oxygen atoms in total. The van der Waals surface area contributed by atoms with Crippen molar-refractivity contribution in [2.75, 3.05) is 0 Å². The topological polar surface area (TPSA) is 38.9 Å². The van der Waals surface area contributed by atoms with E-state index in [0.29, 0.717) is 5.82 Å². The summed E-state index contributed by atoms with van der Waals surface area (Å²) in [5.41, 5.74) is 13.8. The number of hydrogen-bond acceptors (Lipinski definition) is 3. The van der Waals surface area contributed by atoms with Gasteiger partial charge in [0.2, 0.25) is 0 Å². The molecule has 7 aromatic carbocycles. The van der Waals surface area contributed by atoms with Gasteiger partial charge in [-0.2, -0.15) is 0 Å². The summed E-state index contributed by atoms with van der Waals surface area (Å²) >= 11 is 0. The highest BCUT2D eigenvalue weighted by Crippen LogP contribution is 2.41. The maximum atomic E-state index is 6.15. The highest BCUT2D eigenvalue weighted by Gasteiger charge is 2.20. The first-order valence-electron chi connectivity index (χ1n) is 17.7. The molecule has 0 saturated heterocycles. The minimum absolute atomic E-state index is 0.700. The number of para-hydroxylation sites is 1. The zero-order valence-corrected chi connectivity index (χ0v) is 28.3. The van der Waals surface area contributed by atoms with Crippen molar-refractivity contribution in [3.8, 4) is 45.0 Å². The maximum Gasteiger partial charge on any atom is 0.160 e. The molecule has 9 aromatic rings. The van der Waals surface area contributed by atoms with Gasteiger partial charge in [0.15, 0.2) is 5.82 Å². The van der Waals surface area contributed by atoms with Crippen molar-refractivity contribution in [2.24, 2.45) is 0 Å². The molecule has 10 rings (SSSR count). The molecule has 0 atom stereocenters. The summed E-state index contributed by atoms with van der Waals surface area (Å²) in [6.45, 7) is 0. The predicted molar refractivity (Wildman–Crippen MR) is 216 cm³/mol. The highest BCUT2D eigenvalue weighted by atomic mass is 16.3. The predicted octanol–water partition coefficient (Wildman–Crippen LogP) is 13.0. The molecule has 0 spiro atoms. The van der Waals surface area contributed by atoms with E-state index < -0.39 is 0 Å². The number of allylic oxidation sites excluding steroid dienone is 2. The molecule has 52 heavy (non-hydrogen) atoms. The van der Waals surface area contributed by atoms with E-state index in [2.05, 4.69) is 152 Å². The molecule has 0 N–H and O–H groups in total. The monoisotopic (exact) mass is 664 g/mol. The lowest BCUT2D eigenvalue weighted by atomic mass is 9.88. The Hall–Kier alpha value is -6.84. The zero-order valence-electron chi connectivity index (χ0n) is 28.3. The van der Waals surface area contributed by atoms with Gasteiger partial charge in [-0.3, -0.25) is 0 Å². The van der Waals surface area contributed by atoms with Crippen LogP contribution in [0.2, 0.25) is 0 Å². The Labute approximate surface area is 301 Å². The van der Waals surface area contributed by atoms with E-state index in [9.17, 15) is 0 Å². The highest BCUT2D eigenvalue weighted by molar-refractivity contribution is 6.09. The number of aromatic nitrogens is 2. The van der Waals surface area contributed by atoms with Gasteiger partial charge >= 0.3 is 0 Å². The van der Waals surface area contributed by atoms with E-state index in [0.717, 1.165) is 67.4 Å². The third kappa shape index (κ3) is 5.14. The number of rotatable bonds is 5. The van der Waals surface area contributed by atoms with Crippen LogP contribution in [-0.2, 0) is 0 Å². The molecule has 244 valence electrons. The molecular weight excluding hydrogens is 633 g/mol. The van der Waals surface area contributed by atoms with Crippen LogP contribution in [0.5, 0.6) is 0 Å². The van der Waals surface area contributed by atoms with Gasteiger partial charge in [0.1, 0.15) is 11.2 Å². The Balaban J connectivity index is 1.18. The second kappa shape index (κ2) is 12.5. The lowest BCUT2D eigenvalue weighted by molar-refractivity contribution is 0.669. The van der Waals surface area contributed by atoms with E-state index in [1.165, 1.54) is 33.2 Å². The van der Waals surface area contributed by atoms with E-state index in [1.54, 1.807) is 0 Å². The Bertz CT molecular complexity index is 2860. The lowest BCUT2D eigenvalue weighted by Crippen LogP contribution is -2.00. The van der Waals surface area contributed by atoms with Crippen molar-refractivity contribution >= 4 is 44.4 Å². The van der Waals surface area contributed by atoms with E-state index in [1.807, 2.05) is 30.3 Å². The Morgan fingerprint density at radius 3 is 1.90 bits per heavy atom. The molecule has 3 heteroatoms. The molecule has 0 radical (unpaired) electrons.